The topological polar surface area (TPSA) is 94.7 Å². The maximum Gasteiger partial charge on any atom is 0.355 e. The van der Waals surface area contributed by atoms with Gasteiger partial charge in [0.2, 0.25) is 3.79 Å². The second-order valence-electron chi connectivity index (χ2n) is 4.69. The molecule has 0 radical (unpaired) electrons. The van der Waals surface area contributed by atoms with Crippen molar-refractivity contribution >= 4 is 52.7 Å². The quantitative estimate of drug-likeness (QED) is 0.429. The summed E-state index contributed by atoms with van der Waals surface area (Å²) in [6, 6.07) is 0. The molecule has 7 nitrogen and oxygen atoms in total. The Labute approximate surface area is 153 Å². The van der Waals surface area contributed by atoms with E-state index in [1.54, 1.807) is 0 Å². The number of aromatic amines is 1. The number of nitrogens with one attached hydrogen (secondary N) is 1. The minimum absolute atomic E-state index is 0.0366. The summed E-state index contributed by atoms with van der Waals surface area (Å²) in [7, 11) is 2.50. The lowest BCUT2D eigenvalue weighted by molar-refractivity contribution is -0.140. The van der Waals surface area contributed by atoms with Gasteiger partial charge in [0.05, 0.1) is 20.6 Å². The third-order valence-electron chi connectivity index (χ3n) is 3.03. The van der Waals surface area contributed by atoms with Crippen molar-refractivity contribution in [2.75, 3.05) is 20.8 Å². The summed E-state index contributed by atoms with van der Waals surface area (Å²) in [5.41, 5.74) is 0.987. The van der Waals surface area contributed by atoms with Gasteiger partial charge in [0.25, 0.3) is 0 Å². The number of hydrogen-bond donors (Lipinski definition) is 1. The fourth-order valence-corrected chi connectivity index (χ4v) is 2.04. The van der Waals surface area contributed by atoms with Crippen LogP contribution in [0.25, 0.3) is 0 Å². The van der Waals surface area contributed by atoms with Crippen LogP contribution in [0, 0.1) is 0 Å². The van der Waals surface area contributed by atoms with Crippen LogP contribution in [0.15, 0.2) is 6.20 Å². The highest BCUT2D eigenvalue weighted by atomic mass is 35.6. The molecule has 0 saturated carbocycles. The summed E-state index contributed by atoms with van der Waals surface area (Å²) in [5, 5.41) is 0. The summed E-state index contributed by atoms with van der Waals surface area (Å²) in [6.07, 6.45) is 1.69. The van der Waals surface area contributed by atoms with Crippen LogP contribution < -0.4 is 0 Å². The molecule has 1 aromatic heterocycles. The van der Waals surface area contributed by atoms with E-state index in [1.807, 2.05) is 0 Å². The predicted molar refractivity (Wildman–Crippen MR) is 87.4 cm³/mol. The van der Waals surface area contributed by atoms with Crippen molar-refractivity contribution in [1.29, 1.82) is 0 Å². The van der Waals surface area contributed by atoms with Gasteiger partial charge in [-0.2, -0.15) is 0 Å². The van der Waals surface area contributed by atoms with Crippen LogP contribution in [0.5, 0.6) is 0 Å². The Morgan fingerprint density at radius 3 is 2.29 bits per heavy atom. The van der Waals surface area contributed by atoms with Gasteiger partial charge >= 0.3 is 17.9 Å². The molecular weight excluding hydrogens is 385 g/mol. The Balaban J connectivity index is 2.97. The molecular formula is C14H16Cl3NO6. The summed E-state index contributed by atoms with van der Waals surface area (Å²) in [5.74, 6) is -1.76. The molecule has 134 valence electrons. The molecule has 0 fully saturated rings. The Morgan fingerprint density at radius 2 is 1.75 bits per heavy atom. The lowest BCUT2D eigenvalue weighted by Crippen LogP contribution is -2.19. The number of carbonyl (C=O) groups is 3. The molecule has 1 N–H and O–H groups in total. The monoisotopic (exact) mass is 399 g/mol. The molecule has 0 spiro atoms. The maximum atomic E-state index is 12.1. The standard InChI is InChI=1S/C14H16Cl3NO6/c1-22-10(19)4-3-8-6-18-12(9(8)5-11(20)23-2)13(21)24-7-14(15,16)17/h6,18H,3-5,7H2,1-2H3. The molecule has 1 rings (SSSR count). The smallest absolute Gasteiger partial charge is 0.355 e. The third kappa shape index (κ3) is 6.59. The van der Waals surface area contributed by atoms with E-state index >= 15 is 0 Å². The Kier molecular flexibility index (Phi) is 7.86. The lowest BCUT2D eigenvalue weighted by atomic mass is 10.0. The second kappa shape index (κ2) is 9.15. The molecule has 1 heterocycles. The fourth-order valence-electron chi connectivity index (χ4n) is 1.88. The van der Waals surface area contributed by atoms with Crippen LogP contribution >= 0.6 is 34.8 Å². The van der Waals surface area contributed by atoms with Gasteiger partial charge in [-0.1, -0.05) is 34.8 Å². The highest BCUT2D eigenvalue weighted by Gasteiger charge is 2.26. The van der Waals surface area contributed by atoms with Crippen LogP contribution in [0.2, 0.25) is 0 Å². The summed E-state index contributed by atoms with van der Waals surface area (Å²) in [6.45, 7) is -0.454. The molecule has 0 aliphatic carbocycles. The maximum absolute atomic E-state index is 12.1. The number of aryl methyl sites for hydroxylation is 1. The summed E-state index contributed by atoms with van der Waals surface area (Å²) in [4.78, 5) is 37.7. The fraction of sp³-hybridized carbons (Fsp3) is 0.500. The number of esters is 3. The van der Waals surface area contributed by atoms with Crippen LogP contribution in [-0.4, -0.2) is 47.5 Å². The molecule has 0 aliphatic heterocycles. The van der Waals surface area contributed by atoms with Crippen molar-refractivity contribution < 1.29 is 28.6 Å². The lowest BCUT2D eigenvalue weighted by Gasteiger charge is -2.11. The molecule has 0 amide bonds. The average molecular weight is 401 g/mol. The van der Waals surface area contributed by atoms with Gasteiger partial charge in [0.15, 0.2) is 0 Å². The zero-order chi connectivity index (χ0) is 18.3. The molecule has 0 bridgehead atoms. The SMILES string of the molecule is COC(=O)CCc1c[nH]c(C(=O)OCC(Cl)(Cl)Cl)c1CC(=O)OC. The summed E-state index contributed by atoms with van der Waals surface area (Å²) >= 11 is 16.6. The highest BCUT2D eigenvalue weighted by molar-refractivity contribution is 6.67. The number of hydrogen-bond acceptors (Lipinski definition) is 6. The first-order chi connectivity index (χ1) is 11.2. The van der Waals surface area contributed by atoms with Crippen molar-refractivity contribution in [3.63, 3.8) is 0 Å². The van der Waals surface area contributed by atoms with Crippen LogP contribution in [0.1, 0.15) is 28.0 Å². The van der Waals surface area contributed by atoms with Gasteiger partial charge in [0.1, 0.15) is 12.3 Å². The number of halogens is 3. The number of ether oxygens (including phenoxy) is 3. The van der Waals surface area contributed by atoms with E-state index in [9.17, 15) is 14.4 Å². The Hall–Kier alpha value is -1.44. The normalized spacial score (nSPS) is 11.0. The van der Waals surface area contributed by atoms with E-state index in [0.29, 0.717) is 11.1 Å². The number of alkyl halides is 3. The van der Waals surface area contributed by atoms with Gasteiger partial charge in [-0.25, -0.2) is 4.79 Å². The first-order valence-corrected chi connectivity index (χ1v) is 7.88. The van der Waals surface area contributed by atoms with Gasteiger partial charge in [-0.3, -0.25) is 9.59 Å². The minimum atomic E-state index is -1.75. The minimum Gasteiger partial charge on any atom is -0.469 e. The van der Waals surface area contributed by atoms with Crippen molar-refractivity contribution in [2.45, 2.75) is 23.1 Å². The molecule has 0 aromatic carbocycles. The predicted octanol–water partition coefficient (Wildman–Crippen LogP) is 2.36. The van der Waals surface area contributed by atoms with Crippen LogP contribution in [-0.2, 0) is 36.6 Å². The Morgan fingerprint density at radius 1 is 1.12 bits per heavy atom. The van der Waals surface area contributed by atoms with E-state index < -0.39 is 28.3 Å². The van der Waals surface area contributed by atoms with Gasteiger partial charge in [-0.15, -0.1) is 0 Å². The molecule has 10 heteroatoms. The number of methoxy groups -OCH3 is 2. The van der Waals surface area contributed by atoms with Gasteiger partial charge in [-0.05, 0) is 17.5 Å². The first-order valence-electron chi connectivity index (χ1n) is 6.74. The average Bonchev–Trinajstić information content (AvgIpc) is 2.92. The van der Waals surface area contributed by atoms with E-state index in [4.69, 9.17) is 39.5 Å². The zero-order valence-electron chi connectivity index (χ0n) is 13.0. The molecule has 0 unspecified atom stereocenters. The molecule has 0 saturated heterocycles. The van der Waals surface area contributed by atoms with E-state index in [-0.39, 0.29) is 25.0 Å². The Bertz CT molecular complexity index is 608. The van der Waals surface area contributed by atoms with E-state index in [2.05, 4.69) is 14.5 Å². The van der Waals surface area contributed by atoms with Crippen LogP contribution in [0.4, 0.5) is 0 Å². The number of aromatic nitrogens is 1. The van der Waals surface area contributed by atoms with Gasteiger partial charge in [0, 0.05) is 12.6 Å². The second-order valence-corrected chi connectivity index (χ2v) is 7.20. The van der Waals surface area contributed by atoms with Gasteiger partial charge < -0.3 is 19.2 Å². The first kappa shape index (κ1) is 20.6. The molecule has 0 aliphatic rings. The van der Waals surface area contributed by atoms with Crippen molar-refractivity contribution in [3.05, 3.63) is 23.0 Å². The largest absolute Gasteiger partial charge is 0.469 e. The van der Waals surface area contributed by atoms with E-state index in [1.165, 1.54) is 20.4 Å². The molecule has 0 atom stereocenters. The molecule has 1 aromatic rings. The van der Waals surface area contributed by atoms with E-state index in [0.717, 1.165) is 0 Å². The number of H-pyrrole nitrogens is 1. The summed E-state index contributed by atoms with van der Waals surface area (Å²) < 4.78 is 12.3. The highest BCUT2D eigenvalue weighted by Crippen LogP contribution is 2.27. The van der Waals surface area contributed by atoms with Crippen LogP contribution in [0.3, 0.4) is 0 Å². The zero-order valence-corrected chi connectivity index (χ0v) is 15.3. The third-order valence-corrected chi connectivity index (χ3v) is 3.35. The van der Waals surface area contributed by atoms with Crippen molar-refractivity contribution in [3.8, 4) is 0 Å². The number of carbonyl (C=O) groups excluding carboxylic acids is 3. The van der Waals surface area contributed by atoms with Crippen molar-refractivity contribution in [1.82, 2.24) is 4.98 Å². The number of rotatable bonds is 7. The molecule has 24 heavy (non-hydrogen) atoms. The van der Waals surface area contributed by atoms with Crippen molar-refractivity contribution in [2.24, 2.45) is 0 Å².